The Hall–Kier alpha value is -6.30. The molecular formula is C44H24N4S. The first kappa shape index (κ1) is 25.7. The predicted molar refractivity (Wildman–Crippen MR) is 207 cm³/mol. The van der Waals surface area contributed by atoms with E-state index in [2.05, 4.69) is 148 Å². The zero-order valence-electron chi connectivity index (χ0n) is 26.1. The fourth-order valence-electron chi connectivity index (χ4n) is 8.42. The number of rotatable bonds is 2. The molecular weight excluding hydrogens is 617 g/mol. The van der Waals surface area contributed by atoms with E-state index in [-0.39, 0.29) is 0 Å². The molecule has 0 bridgehead atoms. The normalized spacial score (nSPS) is 12.5. The second-order valence-corrected chi connectivity index (χ2v) is 14.0. The van der Waals surface area contributed by atoms with Gasteiger partial charge in [0.2, 0.25) is 0 Å². The number of para-hydroxylation sites is 2. The van der Waals surface area contributed by atoms with Gasteiger partial charge >= 0.3 is 0 Å². The van der Waals surface area contributed by atoms with Crippen LogP contribution in [0, 0.1) is 0 Å². The molecule has 7 aromatic carbocycles. The van der Waals surface area contributed by atoms with E-state index in [9.17, 15) is 0 Å². The van der Waals surface area contributed by atoms with E-state index in [1.165, 1.54) is 75.4 Å². The molecule has 0 saturated carbocycles. The number of benzene rings is 7. The molecule has 0 aliphatic carbocycles. The molecule has 226 valence electrons. The highest BCUT2D eigenvalue weighted by molar-refractivity contribution is 7.26. The van der Waals surface area contributed by atoms with Crippen molar-refractivity contribution in [3.63, 3.8) is 0 Å². The summed E-state index contributed by atoms with van der Waals surface area (Å²) in [6.07, 6.45) is 0. The van der Waals surface area contributed by atoms with Crippen LogP contribution in [0.25, 0.3) is 108 Å². The summed E-state index contributed by atoms with van der Waals surface area (Å²) in [7, 11) is 0. The van der Waals surface area contributed by atoms with Crippen molar-refractivity contribution in [2.45, 2.75) is 0 Å². The Morgan fingerprint density at radius 3 is 2.00 bits per heavy atom. The smallest absolute Gasteiger partial charge is 0.162 e. The minimum atomic E-state index is 0.730. The van der Waals surface area contributed by atoms with Gasteiger partial charge in [0, 0.05) is 53.4 Å². The van der Waals surface area contributed by atoms with Crippen LogP contribution < -0.4 is 0 Å². The van der Waals surface area contributed by atoms with Crippen molar-refractivity contribution >= 4 is 102 Å². The van der Waals surface area contributed by atoms with E-state index >= 15 is 0 Å². The van der Waals surface area contributed by atoms with E-state index in [4.69, 9.17) is 9.97 Å². The van der Waals surface area contributed by atoms with E-state index in [0.717, 1.165) is 32.8 Å². The molecule has 5 heteroatoms. The van der Waals surface area contributed by atoms with Crippen LogP contribution in [-0.2, 0) is 0 Å². The molecule has 0 N–H and O–H groups in total. The van der Waals surface area contributed by atoms with Gasteiger partial charge in [-0.1, -0.05) is 121 Å². The minimum Gasteiger partial charge on any atom is -0.308 e. The zero-order chi connectivity index (χ0) is 31.8. The van der Waals surface area contributed by atoms with Gasteiger partial charge in [-0.25, -0.2) is 9.97 Å². The van der Waals surface area contributed by atoms with Gasteiger partial charge in [0.05, 0.1) is 37.8 Å². The number of fused-ring (bicyclic) bond motifs is 15. The Bertz CT molecular complexity index is 3330. The van der Waals surface area contributed by atoms with Crippen molar-refractivity contribution < 1.29 is 0 Å². The van der Waals surface area contributed by atoms with Gasteiger partial charge in [-0.3, -0.25) is 4.57 Å². The fourth-order valence-corrected chi connectivity index (χ4v) is 9.54. The Morgan fingerprint density at radius 2 is 1.14 bits per heavy atom. The first-order valence-corrected chi connectivity index (χ1v) is 17.4. The summed E-state index contributed by atoms with van der Waals surface area (Å²) in [5.74, 6) is 1.65. The lowest BCUT2D eigenvalue weighted by Crippen LogP contribution is -2.02. The lowest BCUT2D eigenvalue weighted by molar-refractivity contribution is 1.09. The van der Waals surface area contributed by atoms with Crippen LogP contribution in [0.5, 0.6) is 0 Å². The minimum absolute atomic E-state index is 0.730. The van der Waals surface area contributed by atoms with Crippen molar-refractivity contribution in [2.24, 2.45) is 0 Å². The van der Waals surface area contributed by atoms with Crippen LogP contribution in [-0.4, -0.2) is 18.9 Å². The Morgan fingerprint density at radius 1 is 0.469 bits per heavy atom. The summed E-state index contributed by atoms with van der Waals surface area (Å²) < 4.78 is 7.25. The summed E-state index contributed by atoms with van der Waals surface area (Å²) in [6, 6.07) is 52.5. The molecule has 5 aromatic heterocycles. The maximum atomic E-state index is 5.54. The van der Waals surface area contributed by atoms with Crippen LogP contribution >= 0.6 is 11.3 Å². The van der Waals surface area contributed by atoms with Crippen molar-refractivity contribution in [2.75, 3.05) is 0 Å². The van der Waals surface area contributed by atoms with Gasteiger partial charge in [-0.05, 0) is 29.7 Å². The second kappa shape index (κ2) is 9.19. The molecule has 12 rings (SSSR count). The summed E-state index contributed by atoms with van der Waals surface area (Å²) in [6.45, 7) is 0. The highest BCUT2D eigenvalue weighted by Gasteiger charge is 2.27. The molecule has 0 fully saturated rings. The molecule has 0 aliphatic rings. The summed E-state index contributed by atoms with van der Waals surface area (Å²) in [4.78, 5) is 10.8. The van der Waals surface area contributed by atoms with Crippen LogP contribution in [0.1, 0.15) is 0 Å². The largest absolute Gasteiger partial charge is 0.308 e. The highest BCUT2D eigenvalue weighted by atomic mass is 32.1. The van der Waals surface area contributed by atoms with Crippen LogP contribution in [0.2, 0.25) is 0 Å². The standard InChI is InChI=1S/C44H24N4S/c1-2-13-26(14-3-1)43-45-38-31-18-8-11-21-36(31)49-42(38)44(46-43)48-39-27-15-5-4-12-25(27)22-23-29(39)33-24-32-28-16-6-9-19-34(28)47-35-20-10-7-17-30(35)37(40(32)47)41(33)48/h1-24H. The van der Waals surface area contributed by atoms with E-state index in [1.54, 1.807) is 11.3 Å². The topological polar surface area (TPSA) is 35.1 Å². The third-order valence-electron chi connectivity index (χ3n) is 10.4. The highest BCUT2D eigenvalue weighted by Crippen LogP contribution is 2.48. The first-order chi connectivity index (χ1) is 24.3. The molecule has 5 heterocycles. The Balaban J connectivity index is 1.40. The van der Waals surface area contributed by atoms with E-state index in [0.29, 0.717) is 0 Å². The molecule has 49 heavy (non-hydrogen) atoms. The molecule has 0 radical (unpaired) electrons. The van der Waals surface area contributed by atoms with Crippen molar-refractivity contribution in [1.29, 1.82) is 0 Å². The number of aromatic nitrogens is 4. The van der Waals surface area contributed by atoms with Gasteiger partial charge in [-0.15, -0.1) is 11.3 Å². The van der Waals surface area contributed by atoms with Gasteiger partial charge in [0.15, 0.2) is 11.6 Å². The number of hydrogen-bond acceptors (Lipinski definition) is 3. The van der Waals surface area contributed by atoms with Crippen molar-refractivity contribution in [3.8, 4) is 17.2 Å². The van der Waals surface area contributed by atoms with E-state index in [1.807, 2.05) is 6.07 Å². The number of hydrogen-bond donors (Lipinski definition) is 0. The number of thiophene rings is 1. The molecule has 0 spiro atoms. The lowest BCUT2D eigenvalue weighted by atomic mass is 10.0. The van der Waals surface area contributed by atoms with Gasteiger partial charge in [-0.2, -0.15) is 0 Å². The van der Waals surface area contributed by atoms with Gasteiger partial charge in [0.1, 0.15) is 0 Å². The quantitative estimate of drug-likeness (QED) is 0.188. The predicted octanol–water partition coefficient (Wildman–Crippen LogP) is 11.9. The molecule has 0 atom stereocenters. The van der Waals surface area contributed by atoms with Crippen molar-refractivity contribution in [3.05, 3.63) is 146 Å². The fraction of sp³-hybridized carbons (Fsp3) is 0. The Kier molecular flexibility index (Phi) is 4.83. The second-order valence-electron chi connectivity index (χ2n) is 12.9. The lowest BCUT2D eigenvalue weighted by Gasteiger charge is -2.13. The van der Waals surface area contributed by atoms with Crippen LogP contribution in [0.4, 0.5) is 0 Å². The average Bonchev–Trinajstić information content (AvgIpc) is 3.90. The Labute approximate surface area is 283 Å². The molecule has 12 aromatic rings. The average molecular weight is 641 g/mol. The maximum absolute atomic E-state index is 5.54. The van der Waals surface area contributed by atoms with Crippen molar-refractivity contribution in [1.82, 2.24) is 18.9 Å². The summed E-state index contributed by atoms with van der Waals surface area (Å²) in [5.41, 5.74) is 8.07. The third-order valence-corrected chi connectivity index (χ3v) is 11.6. The van der Waals surface area contributed by atoms with Crippen LogP contribution in [0.15, 0.2) is 146 Å². The molecule has 0 amide bonds. The monoisotopic (exact) mass is 640 g/mol. The summed E-state index contributed by atoms with van der Waals surface area (Å²) in [5, 5.41) is 11.1. The van der Waals surface area contributed by atoms with E-state index < -0.39 is 0 Å². The van der Waals surface area contributed by atoms with Gasteiger partial charge < -0.3 is 4.40 Å². The molecule has 0 unspecified atom stereocenters. The molecule has 0 saturated heterocycles. The first-order valence-electron chi connectivity index (χ1n) is 16.6. The summed E-state index contributed by atoms with van der Waals surface area (Å²) >= 11 is 1.78. The van der Waals surface area contributed by atoms with Gasteiger partial charge in [0.25, 0.3) is 0 Å². The SMILES string of the molecule is c1ccc(-c2nc(-n3c4c5ccccc5ccc4c4cc5c6ccccc6n6c7ccccc7c(c43)c56)c3sc4ccccc4c3n2)cc1. The zero-order valence-corrected chi connectivity index (χ0v) is 26.9. The molecule has 0 aliphatic heterocycles. The molecule has 4 nitrogen and oxygen atoms in total. The third kappa shape index (κ3) is 3.23. The number of nitrogens with zero attached hydrogens (tertiary/aromatic N) is 4. The van der Waals surface area contributed by atoms with Crippen LogP contribution in [0.3, 0.4) is 0 Å². The maximum Gasteiger partial charge on any atom is 0.162 e.